The summed E-state index contributed by atoms with van der Waals surface area (Å²) in [6.45, 7) is 0. The average molecular weight is 222 g/mol. The minimum Gasteiger partial charge on any atom is -0.192 e. The number of aryl methyl sites for hydroxylation is 1. The monoisotopic (exact) mass is 221 g/mol. The van der Waals surface area contributed by atoms with Crippen molar-refractivity contribution in [1.82, 2.24) is 0 Å². The van der Waals surface area contributed by atoms with E-state index in [9.17, 15) is 0 Å². The number of halogens is 1. The molecule has 0 aliphatic heterocycles. The molecule has 0 unspecified atom stereocenters. The van der Waals surface area contributed by atoms with E-state index in [0.717, 1.165) is 18.4 Å². The van der Waals surface area contributed by atoms with E-state index in [4.69, 9.17) is 5.26 Å². The molecule has 0 spiro atoms. The lowest BCUT2D eigenvalue weighted by Gasteiger charge is -2.01. The number of hydrogen-bond donors (Lipinski definition) is 0. The first-order chi connectivity index (χ1) is 5.81. The molecule has 0 radical (unpaired) electrons. The summed E-state index contributed by atoms with van der Waals surface area (Å²) < 4.78 is 0. The summed E-state index contributed by atoms with van der Waals surface area (Å²) in [4.78, 5) is 0.500. The van der Waals surface area contributed by atoms with Crippen molar-refractivity contribution >= 4 is 15.9 Å². The van der Waals surface area contributed by atoms with Gasteiger partial charge in [-0.15, -0.1) is 0 Å². The fourth-order valence-electron chi connectivity index (χ4n) is 1.64. The largest absolute Gasteiger partial charge is 0.192 e. The van der Waals surface area contributed by atoms with Crippen LogP contribution in [0.2, 0.25) is 0 Å². The number of hydrogen-bond acceptors (Lipinski definition) is 1. The average Bonchev–Trinajstić information content (AvgIpc) is 2.47. The third kappa shape index (κ3) is 1.15. The predicted octanol–water partition coefficient (Wildman–Crippen LogP) is 2.94. The molecule has 0 heterocycles. The van der Waals surface area contributed by atoms with E-state index in [1.54, 1.807) is 0 Å². The molecule has 0 aromatic heterocycles. The van der Waals surface area contributed by atoms with Crippen LogP contribution in [0.3, 0.4) is 0 Å². The van der Waals surface area contributed by atoms with Crippen LogP contribution in [0.1, 0.15) is 27.9 Å². The van der Waals surface area contributed by atoms with Crippen LogP contribution in [-0.2, 0) is 6.42 Å². The highest BCUT2D eigenvalue weighted by Crippen LogP contribution is 2.37. The van der Waals surface area contributed by atoms with Crippen LogP contribution in [0.25, 0.3) is 0 Å². The van der Waals surface area contributed by atoms with Crippen LogP contribution < -0.4 is 0 Å². The van der Waals surface area contributed by atoms with E-state index in [1.807, 2.05) is 12.1 Å². The van der Waals surface area contributed by atoms with Gasteiger partial charge in [-0.2, -0.15) is 5.26 Å². The second-order valence-electron chi connectivity index (χ2n) is 3.03. The Bertz CT molecular complexity index is 351. The molecular weight excluding hydrogens is 214 g/mol. The molecular formula is C10H8BrN. The van der Waals surface area contributed by atoms with Crippen molar-refractivity contribution in [2.75, 3.05) is 0 Å². The highest BCUT2D eigenvalue weighted by atomic mass is 79.9. The van der Waals surface area contributed by atoms with E-state index >= 15 is 0 Å². The minimum atomic E-state index is 0.500. The molecule has 0 saturated carbocycles. The fourth-order valence-corrected chi connectivity index (χ4v) is 2.31. The topological polar surface area (TPSA) is 23.8 Å². The molecule has 1 nitrogen and oxygen atoms in total. The highest BCUT2D eigenvalue weighted by molar-refractivity contribution is 9.09. The smallest absolute Gasteiger partial charge is 0.0991 e. The Balaban J connectivity index is 2.50. The summed E-state index contributed by atoms with van der Waals surface area (Å²) in [7, 11) is 0. The zero-order valence-corrected chi connectivity index (χ0v) is 8.13. The van der Waals surface area contributed by atoms with Crippen LogP contribution in [0.15, 0.2) is 18.2 Å². The molecule has 1 aromatic carbocycles. The van der Waals surface area contributed by atoms with Crippen LogP contribution >= 0.6 is 15.9 Å². The van der Waals surface area contributed by atoms with Gasteiger partial charge >= 0.3 is 0 Å². The van der Waals surface area contributed by atoms with Gasteiger partial charge in [0.2, 0.25) is 0 Å². The summed E-state index contributed by atoms with van der Waals surface area (Å²) in [5.41, 5.74) is 3.46. The minimum absolute atomic E-state index is 0.500. The van der Waals surface area contributed by atoms with Crippen molar-refractivity contribution in [1.29, 1.82) is 5.26 Å². The van der Waals surface area contributed by atoms with Crippen LogP contribution in [0, 0.1) is 11.3 Å². The molecule has 0 saturated heterocycles. The van der Waals surface area contributed by atoms with Crippen LogP contribution in [0.5, 0.6) is 0 Å². The van der Waals surface area contributed by atoms with Gasteiger partial charge in [-0.3, -0.25) is 0 Å². The standard InChI is InChI=1S/C10H8BrN/c11-10-4-2-8-5-7(6-12)1-3-9(8)10/h1,3,5,10H,2,4H2/t10-/m1/s1. The third-order valence-corrected chi connectivity index (χ3v) is 3.23. The molecule has 2 rings (SSSR count). The lowest BCUT2D eigenvalue weighted by molar-refractivity contribution is 0.903. The maximum absolute atomic E-state index is 8.67. The van der Waals surface area contributed by atoms with E-state index in [0.29, 0.717) is 4.83 Å². The number of nitriles is 1. The molecule has 0 N–H and O–H groups in total. The molecule has 60 valence electrons. The van der Waals surface area contributed by atoms with E-state index < -0.39 is 0 Å². The molecule has 0 bridgehead atoms. The lowest BCUT2D eigenvalue weighted by Crippen LogP contribution is -1.84. The number of alkyl halides is 1. The molecule has 12 heavy (non-hydrogen) atoms. The Morgan fingerprint density at radius 3 is 3.08 bits per heavy atom. The van der Waals surface area contributed by atoms with Crippen molar-refractivity contribution in [2.45, 2.75) is 17.7 Å². The van der Waals surface area contributed by atoms with Gasteiger partial charge in [0.15, 0.2) is 0 Å². The van der Waals surface area contributed by atoms with Gasteiger partial charge in [0.1, 0.15) is 0 Å². The number of benzene rings is 1. The van der Waals surface area contributed by atoms with E-state index in [1.165, 1.54) is 11.1 Å². The first-order valence-corrected chi connectivity index (χ1v) is 4.90. The number of fused-ring (bicyclic) bond motifs is 1. The van der Waals surface area contributed by atoms with Crippen molar-refractivity contribution in [3.63, 3.8) is 0 Å². The van der Waals surface area contributed by atoms with Crippen LogP contribution in [0.4, 0.5) is 0 Å². The second kappa shape index (κ2) is 2.91. The molecule has 2 heteroatoms. The predicted molar refractivity (Wildman–Crippen MR) is 51.1 cm³/mol. The van der Waals surface area contributed by atoms with Crippen molar-refractivity contribution in [3.8, 4) is 6.07 Å². The van der Waals surface area contributed by atoms with Gasteiger partial charge in [0.05, 0.1) is 11.6 Å². The Hall–Kier alpha value is -0.810. The maximum atomic E-state index is 8.67. The summed E-state index contributed by atoms with van der Waals surface area (Å²) in [6, 6.07) is 8.10. The normalized spacial score (nSPS) is 20.2. The lowest BCUT2D eigenvalue weighted by atomic mass is 10.1. The molecule has 0 amide bonds. The summed E-state index contributed by atoms with van der Waals surface area (Å²) >= 11 is 3.60. The Kier molecular flexibility index (Phi) is 1.90. The first-order valence-electron chi connectivity index (χ1n) is 3.98. The van der Waals surface area contributed by atoms with Gasteiger partial charge in [-0.1, -0.05) is 22.0 Å². The Morgan fingerprint density at radius 1 is 1.50 bits per heavy atom. The van der Waals surface area contributed by atoms with Crippen molar-refractivity contribution in [2.24, 2.45) is 0 Å². The number of rotatable bonds is 0. The SMILES string of the molecule is N#Cc1ccc2c(c1)CC[C@H]2Br. The molecule has 1 aromatic rings. The van der Waals surface area contributed by atoms with Crippen LogP contribution in [-0.4, -0.2) is 0 Å². The number of nitrogens with zero attached hydrogens (tertiary/aromatic N) is 1. The van der Waals surface area contributed by atoms with Gasteiger partial charge in [0, 0.05) is 4.83 Å². The van der Waals surface area contributed by atoms with Gasteiger partial charge in [0.25, 0.3) is 0 Å². The fraction of sp³-hybridized carbons (Fsp3) is 0.300. The first kappa shape index (κ1) is 7.82. The van der Waals surface area contributed by atoms with Crippen molar-refractivity contribution in [3.05, 3.63) is 34.9 Å². The van der Waals surface area contributed by atoms with Gasteiger partial charge in [-0.25, -0.2) is 0 Å². The quantitative estimate of drug-likeness (QED) is 0.619. The summed E-state index contributed by atoms with van der Waals surface area (Å²) in [6.07, 6.45) is 2.25. The zero-order valence-electron chi connectivity index (χ0n) is 6.55. The molecule has 1 aliphatic carbocycles. The third-order valence-electron chi connectivity index (χ3n) is 2.28. The van der Waals surface area contributed by atoms with Crippen molar-refractivity contribution < 1.29 is 0 Å². The second-order valence-corrected chi connectivity index (χ2v) is 4.14. The molecule has 0 fully saturated rings. The highest BCUT2D eigenvalue weighted by Gasteiger charge is 2.19. The van der Waals surface area contributed by atoms with Gasteiger partial charge in [-0.05, 0) is 36.1 Å². The summed E-state index contributed by atoms with van der Waals surface area (Å²) in [5.74, 6) is 0. The Labute approximate surface area is 80.1 Å². The van der Waals surface area contributed by atoms with E-state index in [2.05, 4.69) is 28.1 Å². The molecule has 1 aliphatic rings. The molecule has 1 atom stereocenters. The van der Waals surface area contributed by atoms with E-state index in [-0.39, 0.29) is 0 Å². The van der Waals surface area contributed by atoms with Gasteiger partial charge < -0.3 is 0 Å². The zero-order chi connectivity index (χ0) is 8.55. The maximum Gasteiger partial charge on any atom is 0.0991 e. The Morgan fingerprint density at radius 2 is 2.33 bits per heavy atom. The summed E-state index contributed by atoms with van der Waals surface area (Å²) in [5, 5.41) is 8.67.